The highest BCUT2D eigenvalue weighted by Gasteiger charge is 2.44. The number of rotatable bonds is 4. The molecule has 0 bridgehead atoms. The molecule has 8 amide bonds. The first-order valence-corrected chi connectivity index (χ1v) is 13.5. The molecule has 42 heavy (non-hydrogen) atoms. The van der Waals surface area contributed by atoms with Gasteiger partial charge in [0.05, 0.1) is 11.1 Å². The zero-order valence-electron chi connectivity index (χ0n) is 22.6. The Morgan fingerprint density at radius 2 is 1.31 bits per heavy atom. The summed E-state index contributed by atoms with van der Waals surface area (Å²) in [6.45, 7) is 2.00. The second kappa shape index (κ2) is 11.4. The first-order chi connectivity index (χ1) is 20.1. The normalized spacial score (nSPS) is 21.3. The molecule has 0 aromatic heterocycles. The van der Waals surface area contributed by atoms with Crippen molar-refractivity contribution in [1.29, 1.82) is 0 Å². The molecule has 4 aliphatic rings. The Hall–Kier alpha value is -5.20. The van der Waals surface area contributed by atoms with Gasteiger partial charge in [-0.15, -0.1) is 0 Å². The molecule has 2 atom stereocenters. The van der Waals surface area contributed by atoms with Crippen LogP contribution in [-0.4, -0.2) is 69.1 Å². The first-order valence-electron chi connectivity index (χ1n) is 13.5. The number of nitrogens with one attached hydrogen (secondary N) is 3. The number of hydrogen-bond donors (Lipinski definition) is 3. The zero-order chi connectivity index (χ0) is 30.1. The lowest BCUT2D eigenvalue weighted by Crippen LogP contribution is -2.54. The van der Waals surface area contributed by atoms with E-state index < -0.39 is 35.7 Å². The Morgan fingerprint density at radius 1 is 0.762 bits per heavy atom. The fourth-order valence-electron chi connectivity index (χ4n) is 5.36. The summed E-state index contributed by atoms with van der Waals surface area (Å²) in [6.07, 6.45) is 1.19. The van der Waals surface area contributed by atoms with Gasteiger partial charge >= 0.3 is 0 Å². The van der Waals surface area contributed by atoms with Crippen molar-refractivity contribution in [2.45, 2.75) is 57.7 Å². The first kappa shape index (κ1) is 28.3. The molecule has 4 heterocycles. The van der Waals surface area contributed by atoms with Gasteiger partial charge in [-0.3, -0.25) is 53.9 Å². The fourth-order valence-corrected chi connectivity index (χ4v) is 5.36. The number of fused-ring (bicyclic) bond motifs is 2. The highest BCUT2D eigenvalue weighted by atomic mass is 16.2. The van der Waals surface area contributed by atoms with Crippen LogP contribution in [0.3, 0.4) is 0 Å². The summed E-state index contributed by atoms with van der Waals surface area (Å²) < 4.78 is 0. The summed E-state index contributed by atoms with van der Waals surface area (Å²) in [7, 11) is 0. The Kier molecular flexibility index (Phi) is 7.66. The largest absolute Gasteiger partial charge is 0.326 e. The summed E-state index contributed by atoms with van der Waals surface area (Å²) in [5.41, 5.74) is 2.40. The minimum absolute atomic E-state index is 0.129. The van der Waals surface area contributed by atoms with E-state index in [-0.39, 0.29) is 49.4 Å². The Labute approximate surface area is 239 Å². The molecule has 13 nitrogen and oxygen atoms in total. The van der Waals surface area contributed by atoms with E-state index in [1.807, 2.05) is 0 Å². The van der Waals surface area contributed by atoms with E-state index in [9.17, 15) is 38.4 Å². The minimum Gasteiger partial charge on any atom is -0.326 e. The molecule has 0 spiro atoms. The zero-order valence-corrected chi connectivity index (χ0v) is 22.6. The molecular formula is C29H27N5O8. The topological polar surface area (TPSA) is 179 Å². The van der Waals surface area contributed by atoms with E-state index in [1.165, 1.54) is 4.90 Å². The van der Waals surface area contributed by atoms with Crippen LogP contribution in [0.2, 0.25) is 0 Å². The van der Waals surface area contributed by atoms with Crippen LogP contribution in [-0.2, 0) is 30.5 Å². The second-order valence-corrected chi connectivity index (χ2v) is 10.1. The highest BCUT2D eigenvalue weighted by Crippen LogP contribution is 2.32. The number of nitrogens with zero attached hydrogens (tertiary/aromatic N) is 2. The van der Waals surface area contributed by atoms with Crippen LogP contribution in [0.15, 0.2) is 42.5 Å². The number of anilines is 1. The fraction of sp³-hybridized carbons (Fsp3) is 0.310. The van der Waals surface area contributed by atoms with Gasteiger partial charge in [0, 0.05) is 42.6 Å². The molecule has 0 saturated carbocycles. The second-order valence-electron chi connectivity index (χ2n) is 10.1. The van der Waals surface area contributed by atoms with E-state index in [1.54, 1.807) is 49.4 Å². The number of hydrogen-bond acceptors (Lipinski definition) is 8. The van der Waals surface area contributed by atoms with E-state index >= 15 is 0 Å². The van der Waals surface area contributed by atoms with E-state index in [0.717, 1.165) is 4.90 Å². The van der Waals surface area contributed by atoms with Gasteiger partial charge in [-0.2, -0.15) is 0 Å². The highest BCUT2D eigenvalue weighted by molar-refractivity contribution is 6.23. The van der Waals surface area contributed by atoms with Crippen LogP contribution >= 0.6 is 0 Å². The van der Waals surface area contributed by atoms with Gasteiger partial charge in [-0.25, -0.2) is 0 Å². The molecule has 216 valence electrons. The lowest BCUT2D eigenvalue weighted by Gasteiger charge is -2.29. The summed E-state index contributed by atoms with van der Waals surface area (Å²) in [5, 5.41) is 7.20. The maximum Gasteiger partial charge on any atom is 0.262 e. The van der Waals surface area contributed by atoms with Crippen molar-refractivity contribution < 1.29 is 38.4 Å². The number of imide groups is 3. The lowest BCUT2D eigenvalue weighted by atomic mass is 10.0. The minimum atomic E-state index is -0.898. The molecule has 13 heteroatoms. The van der Waals surface area contributed by atoms with Gasteiger partial charge in [0.25, 0.3) is 17.7 Å². The number of piperidine rings is 2. The predicted molar refractivity (Wildman–Crippen MR) is 145 cm³/mol. The Bertz CT molecular complexity index is 1530. The number of carbonyl (C=O) groups is 8. The molecule has 4 aliphatic heterocycles. The molecular weight excluding hydrogens is 546 g/mol. The van der Waals surface area contributed by atoms with Crippen molar-refractivity contribution in [2.75, 3.05) is 5.32 Å². The van der Waals surface area contributed by atoms with Gasteiger partial charge in [0.2, 0.25) is 29.5 Å². The van der Waals surface area contributed by atoms with Crippen LogP contribution in [0.4, 0.5) is 5.69 Å². The standard InChI is InChI=1S/C16H17N3O4.C13H10N2O4/c1-2-13(20)17-11-5-3-4-9-10(11)8-19(16(9)23)12-6-7-14(21)18-15(12)22;16-10-6-5-9(11(17)14-10)15-12(18)7-3-1-2-4-8(7)13(15)19/h3-5,12H,2,6-8H2,1H3,(H,17,20)(H,18,21,22);1-4,9H,5-6H2,(H,14,16,17). The van der Waals surface area contributed by atoms with Gasteiger partial charge < -0.3 is 10.2 Å². The maximum absolute atomic E-state index is 12.6. The molecule has 0 radical (unpaired) electrons. The number of carbonyl (C=O) groups excluding carboxylic acids is 8. The number of benzene rings is 2. The predicted octanol–water partition coefficient (Wildman–Crippen LogP) is 0.884. The molecule has 2 unspecified atom stereocenters. The summed E-state index contributed by atoms with van der Waals surface area (Å²) in [5.74, 6) is -3.06. The van der Waals surface area contributed by atoms with Gasteiger partial charge in [0.1, 0.15) is 12.1 Å². The Balaban J connectivity index is 0.000000171. The SMILES string of the molecule is CCC(=O)Nc1cccc2c1CN(C1CCC(=O)NC1=O)C2=O.O=C1CCC(N2C(=O)c3ccccc3C2=O)C(=O)N1. The quantitative estimate of drug-likeness (QED) is 0.451. The van der Waals surface area contributed by atoms with Crippen LogP contribution in [0.1, 0.15) is 75.7 Å². The monoisotopic (exact) mass is 573 g/mol. The molecule has 2 saturated heterocycles. The lowest BCUT2D eigenvalue weighted by molar-refractivity contribution is -0.138. The van der Waals surface area contributed by atoms with E-state index in [0.29, 0.717) is 40.8 Å². The van der Waals surface area contributed by atoms with Crippen molar-refractivity contribution in [3.63, 3.8) is 0 Å². The molecule has 2 aromatic rings. The van der Waals surface area contributed by atoms with E-state index in [2.05, 4.69) is 16.0 Å². The van der Waals surface area contributed by atoms with Crippen molar-refractivity contribution in [2.24, 2.45) is 0 Å². The van der Waals surface area contributed by atoms with Crippen LogP contribution < -0.4 is 16.0 Å². The van der Waals surface area contributed by atoms with Gasteiger partial charge in [0.15, 0.2) is 0 Å². The van der Waals surface area contributed by atoms with Crippen LogP contribution in [0.25, 0.3) is 0 Å². The number of amides is 8. The van der Waals surface area contributed by atoms with Crippen molar-refractivity contribution in [1.82, 2.24) is 20.4 Å². The van der Waals surface area contributed by atoms with Crippen LogP contribution in [0, 0.1) is 0 Å². The molecule has 2 aromatic carbocycles. The van der Waals surface area contributed by atoms with Crippen molar-refractivity contribution in [3.05, 3.63) is 64.7 Å². The molecule has 6 rings (SSSR count). The average Bonchev–Trinajstić information content (AvgIpc) is 3.43. The summed E-state index contributed by atoms with van der Waals surface area (Å²) >= 11 is 0. The van der Waals surface area contributed by atoms with Gasteiger partial charge in [-0.05, 0) is 37.1 Å². The third kappa shape index (κ3) is 5.16. The molecule has 3 N–H and O–H groups in total. The Morgan fingerprint density at radius 3 is 1.86 bits per heavy atom. The average molecular weight is 574 g/mol. The molecule has 2 fully saturated rings. The molecule has 0 aliphatic carbocycles. The van der Waals surface area contributed by atoms with Crippen molar-refractivity contribution >= 4 is 52.9 Å². The third-order valence-electron chi connectivity index (χ3n) is 7.52. The summed E-state index contributed by atoms with van der Waals surface area (Å²) in [4.78, 5) is 97.1. The van der Waals surface area contributed by atoms with E-state index in [4.69, 9.17) is 0 Å². The summed E-state index contributed by atoms with van der Waals surface area (Å²) in [6, 6.07) is 10.0. The van der Waals surface area contributed by atoms with Gasteiger partial charge in [-0.1, -0.05) is 25.1 Å². The van der Waals surface area contributed by atoms with Crippen LogP contribution in [0.5, 0.6) is 0 Å². The van der Waals surface area contributed by atoms with Crippen molar-refractivity contribution in [3.8, 4) is 0 Å². The maximum atomic E-state index is 12.6. The smallest absolute Gasteiger partial charge is 0.262 e. The third-order valence-corrected chi connectivity index (χ3v) is 7.52.